The molecule has 0 aromatic heterocycles. The molecule has 1 N–H and O–H groups in total. The smallest absolute Gasteiger partial charge is 0.342 e. The first-order chi connectivity index (χ1) is 12.0. The van der Waals surface area contributed by atoms with Crippen molar-refractivity contribution in [1.29, 1.82) is 0 Å². The van der Waals surface area contributed by atoms with Crippen molar-refractivity contribution in [3.05, 3.63) is 42.0 Å². The Morgan fingerprint density at radius 1 is 1.16 bits per heavy atom. The molecule has 2 aromatic rings. The van der Waals surface area contributed by atoms with E-state index in [2.05, 4.69) is 6.92 Å². The second-order valence-corrected chi connectivity index (χ2v) is 6.77. The highest BCUT2D eigenvalue weighted by Crippen LogP contribution is 2.26. The molecule has 1 aliphatic heterocycles. The molecule has 0 radical (unpaired) electrons. The minimum Gasteiger partial charge on any atom is -0.507 e. The SMILES string of the molecule is CC1CCN(C(=O)[C@H](C)OC(=O)c2cc3ccccc3cc2O)CC1. The third-order valence-corrected chi connectivity index (χ3v) is 4.81. The average Bonchev–Trinajstić information content (AvgIpc) is 2.61. The Morgan fingerprint density at radius 3 is 2.40 bits per heavy atom. The van der Waals surface area contributed by atoms with Crippen molar-refractivity contribution in [1.82, 2.24) is 4.90 Å². The summed E-state index contributed by atoms with van der Waals surface area (Å²) in [4.78, 5) is 26.6. The topological polar surface area (TPSA) is 66.8 Å². The van der Waals surface area contributed by atoms with Crippen molar-refractivity contribution in [3.8, 4) is 5.75 Å². The van der Waals surface area contributed by atoms with Crippen LogP contribution in [0, 0.1) is 5.92 Å². The predicted octanol–water partition coefficient (Wildman–Crippen LogP) is 3.35. The minimum absolute atomic E-state index is 0.0746. The van der Waals surface area contributed by atoms with Crippen LogP contribution in [0.15, 0.2) is 36.4 Å². The van der Waals surface area contributed by atoms with E-state index in [0.29, 0.717) is 19.0 Å². The Morgan fingerprint density at radius 2 is 1.76 bits per heavy atom. The molecule has 1 saturated heterocycles. The predicted molar refractivity (Wildman–Crippen MR) is 95.5 cm³/mol. The van der Waals surface area contributed by atoms with Gasteiger partial charge in [-0.1, -0.05) is 31.2 Å². The largest absolute Gasteiger partial charge is 0.507 e. The molecule has 1 fully saturated rings. The Bertz CT molecular complexity index is 793. The van der Waals surface area contributed by atoms with E-state index in [1.54, 1.807) is 17.9 Å². The van der Waals surface area contributed by atoms with Gasteiger partial charge in [-0.25, -0.2) is 4.79 Å². The first-order valence-corrected chi connectivity index (χ1v) is 8.67. The number of benzene rings is 2. The van der Waals surface area contributed by atoms with Crippen LogP contribution >= 0.6 is 0 Å². The molecule has 25 heavy (non-hydrogen) atoms. The maximum Gasteiger partial charge on any atom is 0.342 e. The van der Waals surface area contributed by atoms with Crippen molar-refractivity contribution in [3.63, 3.8) is 0 Å². The van der Waals surface area contributed by atoms with Gasteiger partial charge in [-0.05, 0) is 48.6 Å². The van der Waals surface area contributed by atoms with Crippen LogP contribution in [0.4, 0.5) is 0 Å². The van der Waals surface area contributed by atoms with Gasteiger partial charge in [0.05, 0.1) is 0 Å². The fourth-order valence-corrected chi connectivity index (χ4v) is 3.15. The number of carbonyl (C=O) groups is 2. The first kappa shape index (κ1) is 17.3. The molecule has 5 heteroatoms. The van der Waals surface area contributed by atoms with Crippen molar-refractivity contribution >= 4 is 22.6 Å². The van der Waals surface area contributed by atoms with Gasteiger partial charge in [0, 0.05) is 13.1 Å². The number of phenolic OH excluding ortho intramolecular Hbond substituents is 1. The lowest BCUT2D eigenvalue weighted by atomic mass is 9.99. The van der Waals surface area contributed by atoms with Crippen molar-refractivity contribution in [2.75, 3.05) is 13.1 Å². The van der Waals surface area contributed by atoms with Gasteiger partial charge in [-0.15, -0.1) is 0 Å². The fourth-order valence-electron chi connectivity index (χ4n) is 3.15. The van der Waals surface area contributed by atoms with E-state index in [0.717, 1.165) is 23.6 Å². The molecule has 1 atom stereocenters. The number of phenols is 1. The Labute approximate surface area is 147 Å². The summed E-state index contributed by atoms with van der Waals surface area (Å²) < 4.78 is 5.32. The summed E-state index contributed by atoms with van der Waals surface area (Å²) in [5.74, 6) is -0.387. The van der Waals surface area contributed by atoms with E-state index in [1.165, 1.54) is 6.07 Å². The summed E-state index contributed by atoms with van der Waals surface area (Å²) in [5, 5.41) is 11.8. The number of carbonyl (C=O) groups excluding carboxylic acids is 2. The summed E-state index contributed by atoms with van der Waals surface area (Å²) in [6.45, 7) is 5.15. The van der Waals surface area contributed by atoms with Crippen LogP contribution in [0.25, 0.3) is 10.8 Å². The monoisotopic (exact) mass is 341 g/mol. The molecule has 1 amide bonds. The number of esters is 1. The van der Waals surface area contributed by atoms with Crippen molar-refractivity contribution in [2.24, 2.45) is 5.92 Å². The Balaban J connectivity index is 1.71. The summed E-state index contributed by atoms with van der Waals surface area (Å²) in [6.07, 6.45) is 1.07. The summed E-state index contributed by atoms with van der Waals surface area (Å²) in [6, 6.07) is 10.6. The van der Waals surface area contributed by atoms with Crippen LogP contribution in [0.1, 0.15) is 37.0 Å². The summed E-state index contributed by atoms with van der Waals surface area (Å²) in [5.41, 5.74) is 0.0746. The molecule has 0 aliphatic carbocycles. The zero-order chi connectivity index (χ0) is 18.0. The number of fused-ring (bicyclic) bond motifs is 1. The lowest BCUT2D eigenvalue weighted by Gasteiger charge is -2.31. The second kappa shape index (κ2) is 7.13. The molecule has 1 heterocycles. The van der Waals surface area contributed by atoms with Gasteiger partial charge in [0.1, 0.15) is 11.3 Å². The summed E-state index contributed by atoms with van der Waals surface area (Å²) in [7, 11) is 0. The van der Waals surface area contributed by atoms with Crippen LogP contribution in [0.2, 0.25) is 0 Å². The lowest BCUT2D eigenvalue weighted by Crippen LogP contribution is -2.44. The van der Waals surface area contributed by atoms with E-state index in [9.17, 15) is 14.7 Å². The number of aromatic hydroxyl groups is 1. The zero-order valence-electron chi connectivity index (χ0n) is 14.6. The summed E-state index contributed by atoms with van der Waals surface area (Å²) >= 11 is 0. The molecule has 3 rings (SSSR count). The number of ether oxygens (including phenoxy) is 1. The highest BCUT2D eigenvalue weighted by Gasteiger charge is 2.27. The number of rotatable bonds is 3. The molecular weight excluding hydrogens is 318 g/mol. The zero-order valence-corrected chi connectivity index (χ0v) is 14.6. The maximum absolute atomic E-state index is 12.5. The molecule has 132 valence electrons. The van der Waals surface area contributed by atoms with E-state index < -0.39 is 12.1 Å². The molecule has 5 nitrogen and oxygen atoms in total. The Hall–Kier alpha value is -2.56. The van der Waals surface area contributed by atoms with Gasteiger partial charge in [-0.3, -0.25) is 4.79 Å². The van der Waals surface area contributed by atoms with Gasteiger partial charge in [-0.2, -0.15) is 0 Å². The average molecular weight is 341 g/mol. The molecular formula is C20H23NO4. The van der Waals surface area contributed by atoms with Crippen LogP contribution in [0.3, 0.4) is 0 Å². The third kappa shape index (κ3) is 3.76. The van der Waals surface area contributed by atoms with Crippen LogP contribution < -0.4 is 0 Å². The molecule has 0 bridgehead atoms. The molecule has 0 spiro atoms. The fraction of sp³-hybridized carbons (Fsp3) is 0.400. The normalized spacial score (nSPS) is 16.6. The number of amides is 1. The second-order valence-electron chi connectivity index (χ2n) is 6.77. The number of hydrogen-bond acceptors (Lipinski definition) is 4. The molecule has 0 unspecified atom stereocenters. The molecule has 1 aliphatic rings. The van der Waals surface area contributed by atoms with Crippen LogP contribution in [-0.2, 0) is 9.53 Å². The van der Waals surface area contributed by atoms with E-state index >= 15 is 0 Å². The van der Waals surface area contributed by atoms with Gasteiger partial charge >= 0.3 is 5.97 Å². The number of piperidine rings is 1. The van der Waals surface area contributed by atoms with Crippen molar-refractivity contribution in [2.45, 2.75) is 32.8 Å². The Kier molecular flexibility index (Phi) is 4.93. The van der Waals surface area contributed by atoms with Crippen molar-refractivity contribution < 1.29 is 19.4 Å². The molecule has 0 saturated carbocycles. The highest BCUT2D eigenvalue weighted by atomic mass is 16.5. The number of nitrogens with zero attached hydrogens (tertiary/aromatic N) is 1. The number of likely N-dealkylation sites (tertiary alicyclic amines) is 1. The van der Waals surface area contributed by atoms with Gasteiger partial charge < -0.3 is 14.7 Å². The minimum atomic E-state index is -0.869. The van der Waals surface area contributed by atoms with Gasteiger partial charge in [0.2, 0.25) is 0 Å². The van der Waals surface area contributed by atoms with Crippen LogP contribution in [0.5, 0.6) is 5.75 Å². The number of hydrogen-bond donors (Lipinski definition) is 1. The van der Waals surface area contributed by atoms with Crippen LogP contribution in [-0.4, -0.2) is 41.1 Å². The molecule has 2 aromatic carbocycles. The van der Waals surface area contributed by atoms with Gasteiger partial charge in [0.15, 0.2) is 6.10 Å². The maximum atomic E-state index is 12.5. The highest BCUT2D eigenvalue weighted by molar-refractivity contribution is 5.99. The standard InChI is InChI=1S/C20H23NO4/c1-13-7-9-21(10-8-13)19(23)14(2)25-20(24)17-11-15-5-3-4-6-16(15)12-18(17)22/h3-6,11-14,22H,7-10H2,1-2H3/t14-/m0/s1. The first-order valence-electron chi connectivity index (χ1n) is 8.67. The van der Waals surface area contributed by atoms with E-state index in [1.807, 2.05) is 24.3 Å². The van der Waals surface area contributed by atoms with E-state index in [4.69, 9.17) is 4.74 Å². The van der Waals surface area contributed by atoms with E-state index in [-0.39, 0.29) is 17.2 Å². The quantitative estimate of drug-likeness (QED) is 0.870. The third-order valence-electron chi connectivity index (χ3n) is 4.81. The van der Waals surface area contributed by atoms with Gasteiger partial charge in [0.25, 0.3) is 5.91 Å². The lowest BCUT2D eigenvalue weighted by molar-refractivity contribution is -0.141.